The van der Waals surface area contributed by atoms with E-state index in [-0.39, 0.29) is 17.1 Å². The fourth-order valence-corrected chi connectivity index (χ4v) is 4.72. The summed E-state index contributed by atoms with van der Waals surface area (Å²) >= 11 is 6.18. The summed E-state index contributed by atoms with van der Waals surface area (Å²) in [5.74, 6) is -0.229. The zero-order valence-corrected chi connectivity index (χ0v) is 16.0. The first kappa shape index (κ1) is 18.5. The molecule has 142 valence electrons. The van der Waals surface area contributed by atoms with E-state index in [2.05, 4.69) is 29.6 Å². The number of hydrogen-bond acceptors (Lipinski definition) is 2. The van der Waals surface area contributed by atoms with Crippen LogP contribution in [0.5, 0.6) is 0 Å². The molecule has 0 atom stereocenters. The van der Waals surface area contributed by atoms with Crippen LogP contribution in [0.1, 0.15) is 37.7 Å². The quantitative estimate of drug-likeness (QED) is 0.807. The summed E-state index contributed by atoms with van der Waals surface area (Å²) in [4.78, 5) is 14.9. The van der Waals surface area contributed by atoms with Crippen LogP contribution in [-0.2, 0) is 11.3 Å². The van der Waals surface area contributed by atoms with Gasteiger partial charge in [0.05, 0.1) is 16.1 Å². The monoisotopic (exact) mass is 386 g/mol. The third kappa shape index (κ3) is 3.74. The van der Waals surface area contributed by atoms with Gasteiger partial charge in [0.25, 0.3) is 0 Å². The first-order valence-electron chi connectivity index (χ1n) is 9.62. The van der Waals surface area contributed by atoms with Crippen molar-refractivity contribution in [1.82, 2.24) is 5.32 Å². The lowest BCUT2D eigenvalue weighted by atomic mass is 9.71. The number of rotatable bonds is 4. The van der Waals surface area contributed by atoms with Crippen LogP contribution in [0.15, 0.2) is 48.5 Å². The maximum atomic E-state index is 13.3. The number of nitrogens with one attached hydrogen (secondary N) is 1. The predicted octanol–water partition coefficient (Wildman–Crippen LogP) is 4.93. The molecule has 27 heavy (non-hydrogen) atoms. The molecule has 1 saturated heterocycles. The SMILES string of the molecule is O=C1N(c2ccc(F)cc2Cl)CCC12CCC(NCc1ccccc1)CC2. The van der Waals surface area contributed by atoms with Gasteiger partial charge in [-0.3, -0.25) is 4.79 Å². The highest BCUT2D eigenvalue weighted by Gasteiger charge is 2.48. The summed E-state index contributed by atoms with van der Waals surface area (Å²) < 4.78 is 13.3. The lowest BCUT2D eigenvalue weighted by Crippen LogP contribution is -2.42. The summed E-state index contributed by atoms with van der Waals surface area (Å²) in [5, 5.41) is 3.93. The summed E-state index contributed by atoms with van der Waals surface area (Å²) in [6, 6.07) is 15.1. The van der Waals surface area contributed by atoms with Crippen LogP contribution in [0.2, 0.25) is 5.02 Å². The molecule has 1 aliphatic carbocycles. The van der Waals surface area contributed by atoms with Crippen LogP contribution in [0.3, 0.4) is 0 Å². The van der Waals surface area contributed by atoms with E-state index in [0.29, 0.717) is 23.3 Å². The van der Waals surface area contributed by atoms with E-state index in [1.165, 1.54) is 17.7 Å². The van der Waals surface area contributed by atoms with E-state index in [9.17, 15) is 9.18 Å². The molecular formula is C22H24ClFN2O. The Hall–Kier alpha value is -1.91. The molecule has 5 heteroatoms. The molecule has 2 aromatic carbocycles. The minimum Gasteiger partial charge on any atom is -0.310 e. The van der Waals surface area contributed by atoms with Gasteiger partial charge in [0, 0.05) is 19.1 Å². The van der Waals surface area contributed by atoms with Crippen LogP contribution < -0.4 is 10.2 Å². The van der Waals surface area contributed by atoms with E-state index in [1.807, 2.05) is 6.07 Å². The molecule has 4 rings (SSSR count). The van der Waals surface area contributed by atoms with Gasteiger partial charge in [0.15, 0.2) is 0 Å². The molecule has 1 heterocycles. The van der Waals surface area contributed by atoms with Gasteiger partial charge in [-0.05, 0) is 55.9 Å². The molecule has 0 aromatic heterocycles. The van der Waals surface area contributed by atoms with Crippen molar-refractivity contribution in [3.8, 4) is 0 Å². The standard InChI is InChI=1S/C22H24ClFN2O/c23-19-14-17(24)6-7-20(19)26-13-12-22(21(26)27)10-8-18(9-11-22)25-15-16-4-2-1-3-5-16/h1-7,14,18,25H,8-13,15H2. The van der Waals surface area contributed by atoms with Crippen LogP contribution in [0.4, 0.5) is 10.1 Å². The molecule has 1 N–H and O–H groups in total. The maximum Gasteiger partial charge on any atom is 0.233 e. The van der Waals surface area contributed by atoms with Crippen molar-refractivity contribution in [2.45, 2.75) is 44.7 Å². The fraction of sp³-hybridized carbons (Fsp3) is 0.409. The second kappa shape index (κ2) is 7.61. The van der Waals surface area contributed by atoms with Crippen molar-refractivity contribution in [2.75, 3.05) is 11.4 Å². The minimum atomic E-state index is -0.380. The van der Waals surface area contributed by atoms with Crippen molar-refractivity contribution in [2.24, 2.45) is 5.41 Å². The lowest BCUT2D eigenvalue weighted by Gasteiger charge is -2.36. The number of benzene rings is 2. The van der Waals surface area contributed by atoms with Gasteiger partial charge in [0.2, 0.25) is 5.91 Å². The fourth-order valence-electron chi connectivity index (χ4n) is 4.45. The van der Waals surface area contributed by atoms with Gasteiger partial charge in [-0.2, -0.15) is 0 Å². The van der Waals surface area contributed by atoms with Gasteiger partial charge >= 0.3 is 0 Å². The average Bonchev–Trinajstić information content (AvgIpc) is 2.99. The van der Waals surface area contributed by atoms with Gasteiger partial charge in [-0.1, -0.05) is 41.9 Å². The Bertz CT molecular complexity index is 818. The number of carbonyl (C=O) groups is 1. The van der Waals surface area contributed by atoms with Crippen molar-refractivity contribution in [3.63, 3.8) is 0 Å². The number of halogens is 2. The van der Waals surface area contributed by atoms with Crippen LogP contribution in [-0.4, -0.2) is 18.5 Å². The highest BCUT2D eigenvalue weighted by molar-refractivity contribution is 6.34. The number of anilines is 1. The van der Waals surface area contributed by atoms with Gasteiger partial charge in [-0.25, -0.2) is 4.39 Å². The Morgan fingerprint density at radius 3 is 2.56 bits per heavy atom. The summed E-state index contributed by atoms with van der Waals surface area (Å²) in [6.07, 6.45) is 4.65. The minimum absolute atomic E-state index is 0.150. The number of amides is 1. The van der Waals surface area contributed by atoms with Crippen molar-refractivity contribution in [1.29, 1.82) is 0 Å². The third-order valence-corrected chi connectivity index (χ3v) is 6.40. The topological polar surface area (TPSA) is 32.3 Å². The maximum absolute atomic E-state index is 13.3. The Kier molecular flexibility index (Phi) is 5.20. The lowest BCUT2D eigenvalue weighted by molar-refractivity contribution is -0.127. The van der Waals surface area contributed by atoms with E-state index in [4.69, 9.17) is 11.6 Å². The molecule has 0 radical (unpaired) electrons. The molecular weight excluding hydrogens is 363 g/mol. The molecule has 0 bridgehead atoms. The molecule has 1 saturated carbocycles. The molecule has 2 fully saturated rings. The number of carbonyl (C=O) groups excluding carboxylic acids is 1. The number of nitrogens with zero attached hydrogens (tertiary/aromatic N) is 1. The Balaban J connectivity index is 1.37. The second-order valence-corrected chi connectivity index (χ2v) is 8.13. The van der Waals surface area contributed by atoms with Crippen molar-refractivity contribution >= 4 is 23.2 Å². The molecule has 1 aliphatic heterocycles. The largest absolute Gasteiger partial charge is 0.310 e. The van der Waals surface area contributed by atoms with E-state index in [0.717, 1.165) is 38.6 Å². The Labute approximate surface area is 164 Å². The normalized spacial score (nSPS) is 25.3. The van der Waals surface area contributed by atoms with Gasteiger partial charge < -0.3 is 10.2 Å². The summed E-state index contributed by atoms with van der Waals surface area (Å²) in [5.41, 5.74) is 1.64. The van der Waals surface area contributed by atoms with Crippen LogP contribution in [0, 0.1) is 11.2 Å². The predicted molar refractivity (Wildman–Crippen MR) is 106 cm³/mol. The van der Waals surface area contributed by atoms with Crippen LogP contribution >= 0.6 is 11.6 Å². The molecule has 0 unspecified atom stereocenters. The summed E-state index contributed by atoms with van der Waals surface area (Å²) in [7, 11) is 0. The summed E-state index contributed by atoms with van der Waals surface area (Å²) in [6.45, 7) is 1.52. The molecule has 3 nitrogen and oxygen atoms in total. The first-order chi connectivity index (χ1) is 13.1. The molecule has 1 amide bonds. The van der Waals surface area contributed by atoms with E-state index >= 15 is 0 Å². The highest BCUT2D eigenvalue weighted by atomic mass is 35.5. The van der Waals surface area contributed by atoms with Gasteiger partial charge in [-0.15, -0.1) is 0 Å². The van der Waals surface area contributed by atoms with Gasteiger partial charge in [0.1, 0.15) is 5.82 Å². The zero-order valence-electron chi connectivity index (χ0n) is 15.3. The van der Waals surface area contributed by atoms with Crippen molar-refractivity contribution in [3.05, 3.63) is 64.9 Å². The zero-order chi connectivity index (χ0) is 18.9. The molecule has 2 aliphatic rings. The van der Waals surface area contributed by atoms with E-state index in [1.54, 1.807) is 11.0 Å². The Morgan fingerprint density at radius 1 is 1.11 bits per heavy atom. The molecule has 1 spiro atoms. The number of hydrogen-bond donors (Lipinski definition) is 1. The average molecular weight is 387 g/mol. The van der Waals surface area contributed by atoms with Crippen LogP contribution in [0.25, 0.3) is 0 Å². The van der Waals surface area contributed by atoms with Crippen molar-refractivity contribution < 1.29 is 9.18 Å². The second-order valence-electron chi connectivity index (χ2n) is 7.72. The Morgan fingerprint density at radius 2 is 1.85 bits per heavy atom. The third-order valence-electron chi connectivity index (χ3n) is 6.09. The molecule has 2 aromatic rings. The smallest absolute Gasteiger partial charge is 0.233 e. The highest BCUT2D eigenvalue weighted by Crippen LogP contribution is 2.47. The van der Waals surface area contributed by atoms with E-state index < -0.39 is 0 Å². The first-order valence-corrected chi connectivity index (χ1v) is 10.00.